The predicted octanol–water partition coefficient (Wildman–Crippen LogP) is 3.19. The molecule has 31 heavy (non-hydrogen) atoms. The molecule has 8 nitrogen and oxygen atoms in total. The number of fused-ring (bicyclic) bond motifs is 1. The lowest BCUT2D eigenvalue weighted by molar-refractivity contribution is 0.116. The molecule has 3 heterocycles. The summed E-state index contributed by atoms with van der Waals surface area (Å²) in [7, 11) is 0. The number of hydrogen-bond acceptors (Lipinski definition) is 9. The second-order valence-electron chi connectivity index (χ2n) is 8.26. The van der Waals surface area contributed by atoms with Crippen LogP contribution in [-0.2, 0) is 0 Å². The third-order valence-electron chi connectivity index (χ3n) is 6.01. The summed E-state index contributed by atoms with van der Waals surface area (Å²) in [6.07, 6.45) is 7.38. The molecule has 2 fully saturated rings. The number of benzene rings is 1. The molecule has 2 atom stereocenters. The maximum Gasteiger partial charge on any atom is 0.184 e. The zero-order valence-electron chi connectivity index (χ0n) is 17.4. The van der Waals surface area contributed by atoms with E-state index in [-0.39, 0.29) is 12.1 Å². The van der Waals surface area contributed by atoms with Crippen LogP contribution in [0.15, 0.2) is 36.7 Å². The van der Waals surface area contributed by atoms with Crippen molar-refractivity contribution in [3.8, 4) is 11.5 Å². The Labute approximate surface area is 185 Å². The number of anilines is 2. The lowest BCUT2D eigenvalue weighted by Gasteiger charge is -2.33. The van der Waals surface area contributed by atoms with Gasteiger partial charge in [-0.1, -0.05) is 24.2 Å². The zero-order chi connectivity index (χ0) is 21.2. The Morgan fingerprint density at radius 2 is 1.90 bits per heavy atom. The van der Waals surface area contributed by atoms with Crippen molar-refractivity contribution < 1.29 is 9.84 Å². The van der Waals surface area contributed by atoms with Gasteiger partial charge in [0, 0.05) is 38.3 Å². The molecular weight excluding hydrogens is 412 g/mol. The van der Waals surface area contributed by atoms with Crippen LogP contribution in [0.1, 0.15) is 25.7 Å². The van der Waals surface area contributed by atoms with Crippen molar-refractivity contribution in [2.24, 2.45) is 5.84 Å². The van der Waals surface area contributed by atoms with E-state index in [0.29, 0.717) is 5.75 Å². The number of nitrogens with two attached hydrogens (primary N) is 1. The van der Waals surface area contributed by atoms with Gasteiger partial charge in [0.2, 0.25) is 0 Å². The SMILES string of the molecule is NN1CCN(c2cncc(Oc3ccc4nc(N[C@@H]5CCCC[C@H]5O)sc4c3)c2)CC1. The van der Waals surface area contributed by atoms with Crippen molar-refractivity contribution in [1.82, 2.24) is 15.0 Å². The van der Waals surface area contributed by atoms with Gasteiger partial charge < -0.3 is 20.1 Å². The molecule has 1 saturated carbocycles. The van der Waals surface area contributed by atoms with Gasteiger partial charge in [0.1, 0.15) is 11.5 Å². The average Bonchev–Trinajstić information content (AvgIpc) is 3.18. The normalized spacial score (nSPS) is 22.6. The minimum atomic E-state index is -0.299. The number of nitrogens with one attached hydrogen (secondary N) is 1. The maximum absolute atomic E-state index is 10.2. The summed E-state index contributed by atoms with van der Waals surface area (Å²) < 4.78 is 7.16. The number of aliphatic hydroxyl groups is 1. The van der Waals surface area contributed by atoms with Gasteiger partial charge in [-0.25, -0.2) is 9.99 Å². The van der Waals surface area contributed by atoms with Crippen molar-refractivity contribution in [2.75, 3.05) is 36.4 Å². The number of pyridine rings is 1. The van der Waals surface area contributed by atoms with E-state index in [4.69, 9.17) is 10.6 Å². The van der Waals surface area contributed by atoms with Crippen molar-refractivity contribution in [2.45, 2.75) is 37.8 Å². The van der Waals surface area contributed by atoms with Gasteiger partial charge in [0.25, 0.3) is 0 Å². The van der Waals surface area contributed by atoms with E-state index in [1.165, 1.54) is 0 Å². The molecule has 1 aromatic carbocycles. The smallest absolute Gasteiger partial charge is 0.184 e. The van der Waals surface area contributed by atoms with Gasteiger partial charge in [0.05, 0.1) is 40.4 Å². The minimum absolute atomic E-state index is 0.0833. The Kier molecular flexibility index (Phi) is 5.91. The highest BCUT2D eigenvalue weighted by molar-refractivity contribution is 7.22. The number of rotatable bonds is 5. The lowest BCUT2D eigenvalue weighted by atomic mass is 9.93. The van der Waals surface area contributed by atoms with Crippen LogP contribution in [0.25, 0.3) is 10.2 Å². The van der Waals surface area contributed by atoms with Crippen LogP contribution in [0.2, 0.25) is 0 Å². The maximum atomic E-state index is 10.2. The number of hydrazine groups is 1. The molecule has 9 heteroatoms. The fourth-order valence-corrected chi connectivity index (χ4v) is 5.18. The summed E-state index contributed by atoms with van der Waals surface area (Å²) >= 11 is 1.59. The van der Waals surface area contributed by atoms with Crippen LogP contribution in [0, 0.1) is 0 Å². The molecule has 0 bridgehead atoms. The van der Waals surface area contributed by atoms with Crippen LogP contribution in [0.5, 0.6) is 11.5 Å². The van der Waals surface area contributed by atoms with Gasteiger partial charge in [-0.15, -0.1) is 0 Å². The highest BCUT2D eigenvalue weighted by Gasteiger charge is 2.23. The van der Waals surface area contributed by atoms with E-state index < -0.39 is 0 Å². The van der Waals surface area contributed by atoms with Crippen LogP contribution < -0.4 is 20.8 Å². The molecule has 2 aromatic heterocycles. The number of aromatic nitrogens is 2. The Morgan fingerprint density at radius 1 is 1.06 bits per heavy atom. The predicted molar refractivity (Wildman–Crippen MR) is 124 cm³/mol. The standard InChI is InChI=1S/C22H28N6O2S/c23-28-9-7-27(8-10-28)15-11-17(14-24-13-15)30-16-5-6-19-21(12-16)31-22(26-19)25-18-3-1-2-4-20(18)29/h5-6,11-14,18,20,29H,1-4,7-10,23H2,(H,25,26)/t18-,20-/m1/s1. The number of piperazine rings is 1. The summed E-state index contributed by atoms with van der Waals surface area (Å²) in [6.45, 7) is 3.42. The fraction of sp³-hybridized carbons (Fsp3) is 0.455. The summed E-state index contributed by atoms with van der Waals surface area (Å²) in [6, 6.07) is 8.02. The monoisotopic (exact) mass is 440 g/mol. The third-order valence-corrected chi connectivity index (χ3v) is 6.96. The first-order chi connectivity index (χ1) is 15.1. The third kappa shape index (κ3) is 4.74. The first-order valence-corrected chi connectivity index (χ1v) is 11.7. The van der Waals surface area contributed by atoms with Gasteiger partial charge in [-0.3, -0.25) is 10.8 Å². The number of hydrogen-bond donors (Lipinski definition) is 3. The van der Waals surface area contributed by atoms with E-state index in [2.05, 4.69) is 20.2 Å². The topological polar surface area (TPSA) is 99.8 Å². The Morgan fingerprint density at radius 3 is 2.74 bits per heavy atom. The summed E-state index contributed by atoms with van der Waals surface area (Å²) in [5.74, 6) is 7.32. The second kappa shape index (κ2) is 8.96. The molecule has 2 aliphatic rings. The van der Waals surface area contributed by atoms with Crippen LogP contribution in [0.4, 0.5) is 10.8 Å². The molecule has 3 aromatic rings. The quantitative estimate of drug-likeness (QED) is 0.520. The summed E-state index contributed by atoms with van der Waals surface area (Å²) in [5, 5.41) is 16.3. The van der Waals surface area contributed by atoms with Crippen LogP contribution >= 0.6 is 11.3 Å². The summed E-state index contributed by atoms with van der Waals surface area (Å²) in [4.78, 5) is 11.3. The number of ether oxygens (including phenoxy) is 1. The van der Waals surface area contributed by atoms with E-state index in [1.54, 1.807) is 17.5 Å². The van der Waals surface area contributed by atoms with Crippen LogP contribution in [-0.4, -0.2) is 58.4 Å². The highest BCUT2D eigenvalue weighted by Crippen LogP contribution is 2.33. The number of nitrogens with zero attached hydrogens (tertiary/aromatic N) is 4. The molecule has 4 N–H and O–H groups in total. The molecule has 0 unspecified atom stereocenters. The van der Waals surface area contributed by atoms with Gasteiger partial charge in [-0.05, 0) is 25.0 Å². The Hall–Kier alpha value is -2.46. The van der Waals surface area contributed by atoms with Crippen molar-refractivity contribution in [3.63, 3.8) is 0 Å². The molecule has 1 aliphatic heterocycles. The van der Waals surface area contributed by atoms with Crippen molar-refractivity contribution in [1.29, 1.82) is 0 Å². The largest absolute Gasteiger partial charge is 0.456 e. The van der Waals surface area contributed by atoms with Crippen LogP contribution in [0.3, 0.4) is 0 Å². The minimum Gasteiger partial charge on any atom is -0.456 e. The van der Waals surface area contributed by atoms with E-state index >= 15 is 0 Å². The van der Waals surface area contributed by atoms with E-state index in [1.807, 2.05) is 35.5 Å². The average molecular weight is 441 g/mol. The zero-order valence-corrected chi connectivity index (χ0v) is 18.2. The lowest BCUT2D eigenvalue weighted by Crippen LogP contribution is -2.49. The Bertz CT molecular complexity index is 1040. The molecule has 1 aliphatic carbocycles. The molecule has 164 valence electrons. The van der Waals surface area contributed by atoms with Crippen molar-refractivity contribution >= 4 is 32.4 Å². The molecule has 0 amide bonds. The highest BCUT2D eigenvalue weighted by atomic mass is 32.1. The number of thiazole rings is 1. The Balaban J connectivity index is 1.29. The second-order valence-corrected chi connectivity index (χ2v) is 9.29. The first kappa shape index (κ1) is 20.4. The van der Waals surface area contributed by atoms with E-state index in [0.717, 1.165) is 78.6 Å². The molecule has 0 spiro atoms. The molecular formula is C22H28N6O2S. The van der Waals surface area contributed by atoms with Crippen molar-refractivity contribution in [3.05, 3.63) is 36.7 Å². The molecule has 0 radical (unpaired) electrons. The molecule has 1 saturated heterocycles. The fourth-order valence-electron chi connectivity index (χ4n) is 4.22. The summed E-state index contributed by atoms with van der Waals surface area (Å²) in [5.41, 5.74) is 1.97. The van der Waals surface area contributed by atoms with Gasteiger partial charge >= 0.3 is 0 Å². The molecule has 5 rings (SSSR count). The van der Waals surface area contributed by atoms with E-state index in [9.17, 15) is 5.11 Å². The first-order valence-electron chi connectivity index (χ1n) is 10.9. The van der Waals surface area contributed by atoms with Gasteiger partial charge in [-0.2, -0.15) is 0 Å². The number of aliphatic hydroxyl groups excluding tert-OH is 1. The van der Waals surface area contributed by atoms with Gasteiger partial charge in [0.15, 0.2) is 5.13 Å².